The minimum Gasteiger partial charge on any atom is -0.383 e. The number of hydrogen-bond acceptors (Lipinski definition) is 6. The highest BCUT2D eigenvalue weighted by Crippen LogP contribution is 2.44. The molecule has 1 amide bonds. The van der Waals surface area contributed by atoms with E-state index in [0.29, 0.717) is 31.9 Å². The maximum absolute atomic E-state index is 13.5. The van der Waals surface area contributed by atoms with E-state index < -0.39 is 12.3 Å². The molecule has 0 spiro atoms. The average Bonchev–Trinajstić information content (AvgIpc) is 3.44. The van der Waals surface area contributed by atoms with Crippen LogP contribution in [0.2, 0.25) is 0 Å². The molecule has 2 aliphatic heterocycles. The number of amidine groups is 1. The van der Waals surface area contributed by atoms with Crippen LogP contribution in [0.15, 0.2) is 99.7 Å². The molecule has 4 aromatic rings. The van der Waals surface area contributed by atoms with Gasteiger partial charge in [0.25, 0.3) is 0 Å². The van der Waals surface area contributed by atoms with Crippen LogP contribution in [0.5, 0.6) is 0 Å². The Morgan fingerprint density at radius 2 is 1.81 bits per heavy atom. The lowest BCUT2D eigenvalue weighted by atomic mass is 10.0. The van der Waals surface area contributed by atoms with Crippen LogP contribution in [-0.2, 0) is 20.9 Å². The summed E-state index contributed by atoms with van der Waals surface area (Å²) in [7, 11) is 0. The van der Waals surface area contributed by atoms with E-state index in [4.69, 9.17) is 20.2 Å². The van der Waals surface area contributed by atoms with E-state index in [1.165, 1.54) is 15.7 Å². The fourth-order valence-electron chi connectivity index (χ4n) is 5.36. The maximum Gasteiger partial charge on any atom is 0.245 e. The Balaban J connectivity index is 1.12. The number of nitrogens with zero attached hydrogens (tertiary/aromatic N) is 1. The number of fused-ring (bicyclic) bond motifs is 3. The molecule has 0 saturated carbocycles. The van der Waals surface area contributed by atoms with Crippen LogP contribution < -0.4 is 16.4 Å². The monoisotopic (exact) mass is 580 g/mol. The van der Waals surface area contributed by atoms with Crippen LogP contribution in [0.4, 0.5) is 11.4 Å². The molecule has 7 nitrogen and oxygen atoms in total. The lowest BCUT2D eigenvalue weighted by Crippen LogP contribution is -2.46. The Morgan fingerprint density at radius 3 is 2.67 bits per heavy atom. The number of amides is 1. The second-order valence-corrected chi connectivity index (χ2v) is 12.3. The van der Waals surface area contributed by atoms with Crippen molar-refractivity contribution < 1.29 is 14.3 Å². The van der Waals surface area contributed by atoms with Crippen molar-refractivity contribution in [3.63, 3.8) is 0 Å². The van der Waals surface area contributed by atoms with Gasteiger partial charge >= 0.3 is 0 Å². The summed E-state index contributed by atoms with van der Waals surface area (Å²) in [5.74, 6) is 0.438. The highest BCUT2D eigenvalue weighted by Gasteiger charge is 2.33. The number of para-hydroxylation sites is 1. The fourth-order valence-corrected chi connectivity index (χ4v) is 6.33. The van der Waals surface area contributed by atoms with Gasteiger partial charge in [0.05, 0.1) is 30.6 Å². The molecule has 6 rings (SSSR count). The Morgan fingerprint density at radius 1 is 1.02 bits per heavy atom. The maximum atomic E-state index is 13.5. The van der Waals surface area contributed by atoms with Crippen LogP contribution in [-0.4, -0.2) is 36.7 Å². The van der Waals surface area contributed by atoms with Gasteiger partial charge in [-0.1, -0.05) is 80.2 Å². The van der Waals surface area contributed by atoms with Crippen molar-refractivity contribution in [2.45, 2.75) is 61.5 Å². The molecule has 0 radical (unpaired) electrons. The third kappa shape index (κ3) is 6.46. The van der Waals surface area contributed by atoms with Crippen molar-refractivity contribution in [2.75, 3.05) is 11.9 Å². The van der Waals surface area contributed by atoms with Gasteiger partial charge in [-0.3, -0.25) is 9.79 Å². The smallest absolute Gasteiger partial charge is 0.245 e. The van der Waals surface area contributed by atoms with E-state index in [1.807, 2.05) is 42.5 Å². The number of carbonyl (C=O) groups excluding carboxylic acids is 1. The van der Waals surface area contributed by atoms with Gasteiger partial charge in [-0.25, -0.2) is 0 Å². The van der Waals surface area contributed by atoms with Crippen LogP contribution in [0, 0.1) is 5.92 Å². The molecule has 1 fully saturated rings. The van der Waals surface area contributed by atoms with E-state index in [0.717, 1.165) is 27.4 Å². The Kier molecular flexibility index (Phi) is 8.46. The summed E-state index contributed by atoms with van der Waals surface area (Å²) in [5, 5.41) is 9.00. The Labute approximate surface area is 250 Å². The van der Waals surface area contributed by atoms with Gasteiger partial charge in [0, 0.05) is 15.4 Å². The predicted octanol–water partition coefficient (Wildman–Crippen LogP) is 6.62. The number of nitrogens with two attached hydrogens (primary N) is 1. The topological polar surface area (TPSA) is 98.0 Å². The first-order valence-corrected chi connectivity index (χ1v) is 15.3. The van der Waals surface area contributed by atoms with Gasteiger partial charge in [-0.15, -0.1) is 0 Å². The quantitative estimate of drug-likeness (QED) is 0.134. The van der Waals surface area contributed by atoms with Crippen LogP contribution in [0.3, 0.4) is 0 Å². The molecule has 8 heteroatoms. The summed E-state index contributed by atoms with van der Waals surface area (Å²) in [4.78, 5) is 20.6. The minimum atomic E-state index is -0.620. The number of benzene rings is 4. The van der Waals surface area contributed by atoms with E-state index >= 15 is 0 Å². The summed E-state index contributed by atoms with van der Waals surface area (Å²) in [6, 6.07) is 27.9. The molecule has 0 aromatic heterocycles. The van der Waals surface area contributed by atoms with Crippen molar-refractivity contribution in [3.8, 4) is 0 Å². The molecule has 1 unspecified atom stereocenters. The normalized spacial score (nSPS) is 18.8. The third-order valence-electron chi connectivity index (χ3n) is 7.54. The fraction of sp³-hybridized carbons (Fsp3) is 0.294. The molecule has 42 heavy (non-hydrogen) atoms. The number of hydrogen-bond donors (Lipinski definition) is 3. The molecular formula is C34H36N4O3S. The van der Waals surface area contributed by atoms with Gasteiger partial charge in [-0.05, 0) is 65.4 Å². The molecule has 3 atom stereocenters. The average molecular weight is 581 g/mol. The molecule has 4 aromatic carbocycles. The van der Waals surface area contributed by atoms with Crippen LogP contribution >= 0.6 is 11.8 Å². The Bertz CT molecular complexity index is 1620. The van der Waals surface area contributed by atoms with Crippen molar-refractivity contribution in [1.29, 1.82) is 0 Å². The number of nitrogens with one attached hydrogen (secondary N) is 2. The highest BCUT2D eigenvalue weighted by molar-refractivity contribution is 7.99. The van der Waals surface area contributed by atoms with Gasteiger partial charge in [0.2, 0.25) is 5.91 Å². The van der Waals surface area contributed by atoms with Gasteiger partial charge < -0.3 is 25.8 Å². The zero-order valence-corrected chi connectivity index (χ0v) is 24.7. The molecule has 216 valence electrons. The van der Waals surface area contributed by atoms with Gasteiger partial charge in [0.15, 0.2) is 6.29 Å². The van der Waals surface area contributed by atoms with Gasteiger partial charge in [0.1, 0.15) is 11.9 Å². The highest BCUT2D eigenvalue weighted by atomic mass is 32.2. The molecule has 4 N–H and O–H groups in total. The van der Waals surface area contributed by atoms with E-state index in [2.05, 4.69) is 66.9 Å². The number of carbonyl (C=O) groups is 1. The molecule has 0 aliphatic carbocycles. The molecule has 0 bridgehead atoms. The van der Waals surface area contributed by atoms with Crippen LogP contribution in [0.1, 0.15) is 37.8 Å². The molecule has 1 saturated heterocycles. The first-order valence-electron chi connectivity index (χ1n) is 14.5. The lowest BCUT2D eigenvalue weighted by molar-refractivity contribution is -0.139. The summed E-state index contributed by atoms with van der Waals surface area (Å²) in [6.07, 6.45) is 0.737. The third-order valence-corrected chi connectivity index (χ3v) is 8.69. The van der Waals surface area contributed by atoms with Crippen molar-refractivity contribution >= 4 is 45.7 Å². The van der Waals surface area contributed by atoms with E-state index in [1.54, 1.807) is 11.8 Å². The first kappa shape index (κ1) is 28.3. The second kappa shape index (κ2) is 12.6. The largest absolute Gasteiger partial charge is 0.383 e. The zero-order chi connectivity index (χ0) is 29.1. The van der Waals surface area contributed by atoms with Crippen LogP contribution in [0.25, 0.3) is 10.8 Å². The number of rotatable bonds is 9. The standard InChI is InChI=1S/C34H36N4O3S/c1-21(2)17-29(37-32(35)25-13-14-31-28(19-25)36-26-9-5-6-10-30(26)42-31)33(39)38-27-15-16-40-34(27)41-20-22-11-12-23-7-3-4-8-24(23)18-22/h3-14,18-19,21,27,29,34,36H,15-17,20H2,1-2H3,(H2,35,37)(H,38,39)/t27-,29-,34?/m0/s1. The molecule has 2 heterocycles. The SMILES string of the molecule is CC(C)C[C@H](N=C(N)c1ccc2c(c1)Nc1ccccc1S2)C(=O)N[C@H]1CCOC1OCc1ccc2ccccc2c1. The lowest BCUT2D eigenvalue weighted by Gasteiger charge is -2.23. The predicted molar refractivity (Wildman–Crippen MR) is 169 cm³/mol. The minimum absolute atomic E-state index is 0.165. The van der Waals surface area contributed by atoms with Crippen molar-refractivity contribution in [3.05, 3.63) is 96.1 Å². The Hall–Kier alpha value is -3.85. The number of aliphatic imine (C=N–C) groups is 1. The van der Waals surface area contributed by atoms with Gasteiger partial charge in [-0.2, -0.15) is 0 Å². The van der Waals surface area contributed by atoms with Crippen molar-refractivity contribution in [2.24, 2.45) is 16.6 Å². The molecular weight excluding hydrogens is 544 g/mol. The summed E-state index contributed by atoms with van der Waals surface area (Å²) in [5.41, 5.74) is 10.4. The number of ether oxygens (including phenoxy) is 2. The first-order chi connectivity index (χ1) is 20.4. The summed E-state index contributed by atoms with van der Waals surface area (Å²) in [6.45, 7) is 5.09. The molecule has 2 aliphatic rings. The summed E-state index contributed by atoms with van der Waals surface area (Å²) >= 11 is 1.72. The number of anilines is 2. The second-order valence-electron chi connectivity index (χ2n) is 11.2. The summed E-state index contributed by atoms with van der Waals surface area (Å²) < 4.78 is 12.0. The van der Waals surface area contributed by atoms with E-state index in [9.17, 15) is 4.79 Å². The van der Waals surface area contributed by atoms with Crippen molar-refractivity contribution in [1.82, 2.24) is 5.32 Å². The zero-order valence-electron chi connectivity index (χ0n) is 23.9. The van der Waals surface area contributed by atoms with E-state index in [-0.39, 0.29) is 17.9 Å².